The van der Waals surface area contributed by atoms with Gasteiger partial charge in [-0.15, -0.1) is 0 Å². The smallest absolute Gasteiger partial charge is 0.308 e. The lowest BCUT2D eigenvalue weighted by Crippen LogP contribution is -2.64. The van der Waals surface area contributed by atoms with E-state index in [-0.39, 0.29) is 39.4 Å². The zero-order valence-corrected chi connectivity index (χ0v) is 29.0. The van der Waals surface area contributed by atoms with Gasteiger partial charge < -0.3 is 39.0 Å². The molecule has 1 saturated carbocycles. The summed E-state index contributed by atoms with van der Waals surface area (Å²) in [6.45, 7) is 0.540. The predicted octanol–water partition coefficient (Wildman–Crippen LogP) is 5.57. The van der Waals surface area contributed by atoms with E-state index in [0.29, 0.717) is 34.1 Å². The molecule has 4 aromatic carbocycles. The van der Waals surface area contributed by atoms with Crippen molar-refractivity contribution < 1.29 is 48.3 Å². The van der Waals surface area contributed by atoms with Crippen LogP contribution in [-0.4, -0.2) is 84.3 Å². The van der Waals surface area contributed by atoms with Crippen molar-refractivity contribution in [2.24, 2.45) is 23.7 Å². The molecule has 5 rings (SSSR count). The number of carboxylic acids is 2. The van der Waals surface area contributed by atoms with Gasteiger partial charge in [-0.2, -0.15) is 0 Å². The molecule has 0 bridgehead atoms. The molecule has 0 unspecified atom stereocenters. The molecule has 0 spiro atoms. The number of methoxy groups -OCH3 is 2. The van der Waals surface area contributed by atoms with E-state index in [1.54, 1.807) is 48.5 Å². The number of benzene rings is 4. The maximum absolute atomic E-state index is 14.1. The number of carbonyl (C=O) groups is 4. The maximum atomic E-state index is 14.1. The van der Waals surface area contributed by atoms with E-state index >= 15 is 0 Å². The van der Waals surface area contributed by atoms with Crippen molar-refractivity contribution in [2.75, 3.05) is 40.5 Å². The zero-order valence-electron chi connectivity index (χ0n) is 29.0. The third-order valence-corrected chi connectivity index (χ3v) is 8.99. The second-order valence-corrected chi connectivity index (χ2v) is 12.4. The zero-order chi connectivity index (χ0) is 37.0. The topological polar surface area (TPSA) is 152 Å². The van der Waals surface area contributed by atoms with Crippen LogP contribution in [-0.2, 0) is 41.7 Å². The fourth-order valence-corrected chi connectivity index (χ4v) is 6.35. The average Bonchev–Trinajstić information content (AvgIpc) is 3.13. The van der Waals surface area contributed by atoms with E-state index in [1.807, 2.05) is 60.7 Å². The minimum Gasteiger partial charge on any atom is -0.481 e. The molecule has 0 aromatic heterocycles. The molecule has 1 aliphatic rings. The number of amides is 2. The van der Waals surface area contributed by atoms with Crippen LogP contribution in [0, 0.1) is 23.7 Å². The molecule has 4 aromatic rings. The molecule has 272 valence electrons. The minimum atomic E-state index is -1.56. The Morgan fingerprint density at radius 1 is 0.500 bits per heavy atom. The van der Waals surface area contributed by atoms with Gasteiger partial charge in [-0.1, -0.05) is 60.7 Å². The fraction of sp³-hybridized carbons (Fsp3) is 0.300. The summed E-state index contributed by atoms with van der Waals surface area (Å²) in [5, 5.41) is 20.7. The Morgan fingerprint density at radius 2 is 0.827 bits per heavy atom. The molecule has 0 aliphatic heterocycles. The Kier molecular flexibility index (Phi) is 13.0. The quantitative estimate of drug-likeness (QED) is 0.134. The highest BCUT2D eigenvalue weighted by molar-refractivity contribution is 5.99. The largest absolute Gasteiger partial charge is 0.481 e. The highest BCUT2D eigenvalue weighted by Gasteiger charge is 2.64. The van der Waals surface area contributed by atoms with Crippen molar-refractivity contribution in [1.82, 2.24) is 9.80 Å². The molecule has 2 N–H and O–H groups in total. The Balaban J connectivity index is 1.33. The molecule has 0 radical (unpaired) electrons. The molecule has 1 aliphatic carbocycles. The van der Waals surface area contributed by atoms with Gasteiger partial charge >= 0.3 is 11.9 Å². The molecule has 0 atom stereocenters. The Hall–Kier alpha value is -5.72. The van der Waals surface area contributed by atoms with E-state index in [4.69, 9.17) is 18.9 Å². The third kappa shape index (κ3) is 9.33. The van der Waals surface area contributed by atoms with Crippen LogP contribution in [0.15, 0.2) is 109 Å². The van der Waals surface area contributed by atoms with Crippen LogP contribution in [0.5, 0.6) is 23.0 Å². The van der Waals surface area contributed by atoms with Crippen molar-refractivity contribution in [2.45, 2.75) is 13.1 Å². The van der Waals surface area contributed by atoms with Gasteiger partial charge in [-0.05, 0) is 59.7 Å². The van der Waals surface area contributed by atoms with Crippen LogP contribution in [0.1, 0.15) is 11.1 Å². The fourth-order valence-electron chi connectivity index (χ4n) is 6.35. The lowest BCUT2D eigenvalue weighted by molar-refractivity contribution is -0.188. The van der Waals surface area contributed by atoms with E-state index in [9.17, 15) is 29.4 Å². The normalized spacial score (nSPS) is 17.7. The molecule has 52 heavy (non-hydrogen) atoms. The summed E-state index contributed by atoms with van der Waals surface area (Å²) in [5.41, 5.74) is 1.42. The molecule has 12 nitrogen and oxygen atoms in total. The van der Waals surface area contributed by atoms with Crippen LogP contribution in [0.25, 0.3) is 0 Å². The standard InChI is InChI=1S/C40H42N2O10/c1-49-23-21-41(25-27-13-17-31(18-14-27)51-29-9-5-3-6-10-29)37(43)33-35(39(45)46)34(36(33)40(47)48)38(44)42(22-24-50-2)26-28-15-19-32(20-16-28)52-30-11-7-4-8-12-30/h3-20,33-36H,21-26H2,1-2H3,(H,45,46)(H,47,48). The molecular formula is C40H42N2O10. The van der Waals surface area contributed by atoms with Crippen molar-refractivity contribution in [3.05, 3.63) is 120 Å². The number of ether oxygens (including phenoxy) is 4. The number of hydrogen-bond donors (Lipinski definition) is 2. The summed E-state index contributed by atoms with van der Waals surface area (Å²) in [6, 6.07) is 32.6. The summed E-state index contributed by atoms with van der Waals surface area (Å²) in [4.78, 5) is 56.4. The van der Waals surface area contributed by atoms with Crippen molar-refractivity contribution in [3.8, 4) is 23.0 Å². The van der Waals surface area contributed by atoms with E-state index < -0.39 is 47.4 Å². The Labute approximate surface area is 302 Å². The number of carbonyl (C=O) groups excluding carboxylic acids is 2. The summed E-state index contributed by atoms with van der Waals surface area (Å²) in [6.07, 6.45) is 0. The Bertz CT molecular complexity index is 1640. The minimum absolute atomic E-state index is 0.0611. The molecule has 1 fully saturated rings. The van der Waals surface area contributed by atoms with Crippen molar-refractivity contribution in [3.63, 3.8) is 0 Å². The lowest BCUT2D eigenvalue weighted by Gasteiger charge is -2.48. The molecule has 2 amide bonds. The van der Waals surface area contributed by atoms with Gasteiger partial charge in [-0.3, -0.25) is 19.2 Å². The van der Waals surface area contributed by atoms with E-state index in [1.165, 1.54) is 24.0 Å². The van der Waals surface area contributed by atoms with Gasteiger partial charge in [-0.25, -0.2) is 0 Å². The van der Waals surface area contributed by atoms with Gasteiger partial charge in [0, 0.05) is 40.4 Å². The van der Waals surface area contributed by atoms with Crippen LogP contribution < -0.4 is 9.47 Å². The number of rotatable bonds is 18. The summed E-state index contributed by atoms with van der Waals surface area (Å²) in [5.74, 6) is -7.77. The first-order valence-electron chi connectivity index (χ1n) is 16.8. The SMILES string of the molecule is COCCN(Cc1ccc(Oc2ccccc2)cc1)C(=O)C1C(C(=O)O)C(C(=O)N(CCOC)Cc2ccc(Oc3ccccc3)cc2)C1C(=O)O. The van der Waals surface area contributed by atoms with Gasteiger partial charge in [0.25, 0.3) is 0 Å². The van der Waals surface area contributed by atoms with Gasteiger partial charge in [0.1, 0.15) is 23.0 Å². The summed E-state index contributed by atoms with van der Waals surface area (Å²) < 4.78 is 22.2. The van der Waals surface area contributed by atoms with Crippen molar-refractivity contribution in [1.29, 1.82) is 0 Å². The first-order valence-corrected chi connectivity index (χ1v) is 16.8. The lowest BCUT2D eigenvalue weighted by atomic mass is 9.55. The van der Waals surface area contributed by atoms with Crippen LogP contribution in [0.4, 0.5) is 0 Å². The number of nitrogens with zero attached hydrogens (tertiary/aromatic N) is 2. The molecule has 0 heterocycles. The molecule has 12 heteroatoms. The molecule has 0 saturated heterocycles. The maximum Gasteiger partial charge on any atom is 0.308 e. The second-order valence-electron chi connectivity index (χ2n) is 12.4. The highest BCUT2D eigenvalue weighted by Crippen LogP contribution is 2.49. The monoisotopic (exact) mass is 710 g/mol. The van der Waals surface area contributed by atoms with Gasteiger partial charge in [0.15, 0.2) is 0 Å². The van der Waals surface area contributed by atoms with E-state index in [2.05, 4.69) is 0 Å². The number of hydrogen-bond acceptors (Lipinski definition) is 8. The summed E-state index contributed by atoms with van der Waals surface area (Å²) >= 11 is 0. The van der Waals surface area contributed by atoms with Crippen LogP contribution in [0.3, 0.4) is 0 Å². The predicted molar refractivity (Wildman–Crippen MR) is 190 cm³/mol. The number of carboxylic acid groups (broad SMARTS) is 2. The van der Waals surface area contributed by atoms with Crippen LogP contribution >= 0.6 is 0 Å². The van der Waals surface area contributed by atoms with Crippen LogP contribution in [0.2, 0.25) is 0 Å². The van der Waals surface area contributed by atoms with Gasteiger partial charge in [0.05, 0.1) is 36.9 Å². The molecular weight excluding hydrogens is 668 g/mol. The Morgan fingerprint density at radius 3 is 1.13 bits per heavy atom. The first-order chi connectivity index (χ1) is 25.2. The van der Waals surface area contributed by atoms with Crippen molar-refractivity contribution >= 4 is 23.8 Å². The highest BCUT2D eigenvalue weighted by atomic mass is 16.5. The number of aliphatic carboxylic acids is 2. The first kappa shape index (κ1) is 37.5. The third-order valence-electron chi connectivity index (χ3n) is 8.99. The van der Waals surface area contributed by atoms with Gasteiger partial charge in [0.2, 0.25) is 11.8 Å². The summed E-state index contributed by atoms with van der Waals surface area (Å²) in [7, 11) is 2.93. The average molecular weight is 711 g/mol. The van der Waals surface area contributed by atoms with E-state index in [0.717, 1.165) is 0 Å². The second kappa shape index (κ2) is 18.0. The number of para-hydroxylation sites is 2.